The van der Waals surface area contributed by atoms with Crippen molar-refractivity contribution in [2.75, 3.05) is 12.3 Å². The summed E-state index contributed by atoms with van der Waals surface area (Å²) in [4.78, 5) is 0. The Labute approximate surface area is 163 Å². The van der Waals surface area contributed by atoms with Crippen molar-refractivity contribution in [1.82, 2.24) is 0 Å². The molecule has 0 spiro atoms. The topological polar surface area (TPSA) is 44.5 Å². The van der Waals surface area contributed by atoms with Gasteiger partial charge in [0.2, 0.25) is 0 Å². The van der Waals surface area contributed by atoms with Gasteiger partial charge in [-0.15, -0.1) is 13.2 Å². The largest absolute Gasteiger partial charge is 0.573 e. The molecule has 0 atom stereocenters. The minimum atomic E-state index is -4.69. The molecule has 1 saturated carbocycles. The van der Waals surface area contributed by atoms with Crippen molar-refractivity contribution in [3.63, 3.8) is 0 Å². The number of anilines is 1. The maximum absolute atomic E-state index is 12.2. The van der Waals surface area contributed by atoms with Gasteiger partial charge in [0.1, 0.15) is 11.5 Å². The van der Waals surface area contributed by atoms with Gasteiger partial charge in [0, 0.05) is 0 Å². The first-order valence-electron chi connectivity index (χ1n) is 9.79. The number of nitrogen functional groups attached to an aromatic ring is 1. The molecule has 0 aromatic heterocycles. The van der Waals surface area contributed by atoms with E-state index < -0.39 is 6.36 Å². The third-order valence-corrected chi connectivity index (χ3v) is 5.17. The second kappa shape index (κ2) is 9.22. The second-order valence-electron chi connectivity index (χ2n) is 7.32. The van der Waals surface area contributed by atoms with E-state index in [1.807, 2.05) is 12.1 Å². The summed E-state index contributed by atoms with van der Waals surface area (Å²) in [5, 5.41) is 0. The molecule has 3 nitrogen and oxygen atoms in total. The highest BCUT2D eigenvalue weighted by atomic mass is 19.4. The number of hydrogen-bond acceptors (Lipinski definition) is 3. The van der Waals surface area contributed by atoms with Gasteiger partial charge in [-0.25, -0.2) is 0 Å². The van der Waals surface area contributed by atoms with Gasteiger partial charge in [0.25, 0.3) is 0 Å². The molecule has 1 fully saturated rings. The number of rotatable bonds is 7. The Kier molecular flexibility index (Phi) is 6.70. The van der Waals surface area contributed by atoms with Crippen molar-refractivity contribution >= 4 is 5.69 Å². The van der Waals surface area contributed by atoms with E-state index in [9.17, 15) is 13.2 Å². The minimum absolute atomic E-state index is 0.248. The lowest BCUT2D eigenvalue weighted by Crippen LogP contribution is -2.16. The van der Waals surface area contributed by atoms with E-state index in [4.69, 9.17) is 10.5 Å². The third-order valence-electron chi connectivity index (χ3n) is 5.17. The van der Waals surface area contributed by atoms with Gasteiger partial charge < -0.3 is 15.2 Å². The molecule has 28 heavy (non-hydrogen) atoms. The predicted octanol–water partition coefficient (Wildman–Crippen LogP) is 6.57. The van der Waals surface area contributed by atoms with E-state index in [0.717, 1.165) is 23.5 Å². The predicted molar refractivity (Wildman–Crippen MR) is 104 cm³/mol. The lowest BCUT2D eigenvalue weighted by Gasteiger charge is -2.21. The zero-order chi connectivity index (χ0) is 20.0. The summed E-state index contributed by atoms with van der Waals surface area (Å²) >= 11 is 0. The van der Waals surface area contributed by atoms with Crippen LogP contribution in [-0.4, -0.2) is 13.0 Å². The lowest BCUT2D eigenvalue weighted by atomic mass is 9.86. The van der Waals surface area contributed by atoms with E-state index >= 15 is 0 Å². The molecule has 0 aliphatic heterocycles. The summed E-state index contributed by atoms with van der Waals surface area (Å²) in [5.41, 5.74) is 8.18. The summed E-state index contributed by atoms with van der Waals surface area (Å²) in [5.74, 6) is 1.23. The van der Waals surface area contributed by atoms with Crippen LogP contribution in [0.15, 0.2) is 42.5 Å². The SMILES string of the molecule is Nc1cc(-c2ccc(OC(F)(F)F)cc2)ccc1OCCCC1CCCCC1. The first-order chi connectivity index (χ1) is 13.4. The highest BCUT2D eigenvalue weighted by molar-refractivity contribution is 5.71. The lowest BCUT2D eigenvalue weighted by molar-refractivity contribution is -0.274. The van der Waals surface area contributed by atoms with E-state index in [1.165, 1.54) is 50.7 Å². The molecular weight excluding hydrogens is 367 g/mol. The van der Waals surface area contributed by atoms with Crippen LogP contribution in [0.1, 0.15) is 44.9 Å². The molecule has 0 radical (unpaired) electrons. The Hall–Kier alpha value is -2.37. The van der Waals surface area contributed by atoms with Crippen molar-refractivity contribution in [2.45, 2.75) is 51.3 Å². The van der Waals surface area contributed by atoms with Gasteiger partial charge in [0.05, 0.1) is 12.3 Å². The molecule has 2 aromatic carbocycles. The van der Waals surface area contributed by atoms with Crippen LogP contribution in [0.2, 0.25) is 0 Å². The fraction of sp³-hybridized carbons (Fsp3) is 0.455. The molecule has 6 heteroatoms. The summed E-state index contributed by atoms with van der Waals surface area (Å²) in [7, 11) is 0. The number of ether oxygens (including phenoxy) is 2. The number of alkyl halides is 3. The second-order valence-corrected chi connectivity index (χ2v) is 7.32. The average molecular weight is 393 g/mol. The molecule has 2 N–H and O–H groups in total. The summed E-state index contributed by atoms with van der Waals surface area (Å²) in [6.07, 6.45) is 4.27. The van der Waals surface area contributed by atoms with Crippen molar-refractivity contribution in [2.24, 2.45) is 5.92 Å². The number of halogens is 3. The molecule has 1 aliphatic rings. The van der Waals surface area contributed by atoms with Gasteiger partial charge in [-0.1, -0.05) is 50.3 Å². The number of benzene rings is 2. The van der Waals surface area contributed by atoms with Crippen molar-refractivity contribution < 1.29 is 22.6 Å². The summed E-state index contributed by atoms with van der Waals surface area (Å²) in [6, 6.07) is 11.2. The van der Waals surface area contributed by atoms with E-state index in [-0.39, 0.29) is 5.75 Å². The average Bonchev–Trinajstić information content (AvgIpc) is 2.66. The highest BCUT2D eigenvalue weighted by Gasteiger charge is 2.30. The Balaban J connectivity index is 1.53. The first-order valence-corrected chi connectivity index (χ1v) is 9.79. The minimum Gasteiger partial charge on any atom is -0.491 e. The zero-order valence-corrected chi connectivity index (χ0v) is 15.8. The van der Waals surface area contributed by atoms with E-state index in [1.54, 1.807) is 18.2 Å². The summed E-state index contributed by atoms with van der Waals surface area (Å²) in [6.45, 7) is 0.642. The Morgan fingerprint density at radius 1 is 0.929 bits per heavy atom. The first kappa shape index (κ1) is 20.4. The Morgan fingerprint density at radius 3 is 2.25 bits per heavy atom. The van der Waals surface area contributed by atoms with Gasteiger partial charge >= 0.3 is 6.36 Å². The van der Waals surface area contributed by atoms with Crippen molar-refractivity contribution in [3.05, 3.63) is 42.5 Å². The molecule has 0 amide bonds. The fourth-order valence-electron chi connectivity index (χ4n) is 3.74. The highest BCUT2D eigenvalue weighted by Crippen LogP contribution is 2.31. The molecule has 0 heterocycles. The van der Waals surface area contributed by atoms with Gasteiger partial charge in [-0.05, 0) is 54.2 Å². The Bertz CT molecular complexity index is 753. The molecule has 2 aromatic rings. The zero-order valence-electron chi connectivity index (χ0n) is 15.8. The number of nitrogens with two attached hydrogens (primary N) is 1. The molecule has 0 bridgehead atoms. The molecule has 0 saturated heterocycles. The van der Waals surface area contributed by atoms with Crippen molar-refractivity contribution in [3.8, 4) is 22.6 Å². The number of hydrogen-bond donors (Lipinski definition) is 1. The van der Waals surface area contributed by atoms with Crippen molar-refractivity contribution in [1.29, 1.82) is 0 Å². The van der Waals surface area contributed by atoms with Gasteiger partial charge in [-0.2, -0.15) is 0 Å². The molecule has 152 valence electrons. The quantitative estimate of drug-likeness (QED) is 0.427. The molecule has 3 rings (SSSR count). The summed E-state index contributed by atoms with van der Waals surface area (Å²) < 4.78 is 46.4. The smallest absolute Gasteiger partial charge is 0.491 e. The fourth-order valence-corrected chi connectivity index (χ4v) is 3.74. The van der Waals surface area contributed by atoms with Crippen LogP contribution in [0.5, 0.6) is 11.5 Å². The van der Waals surface area contributed by atoms with Crippen LogP contribution >= 0.6 is 0 Å². The van der Waals surface area contributed by atoms with Crippen LogP contribution in [0.25, 0.3) is 11.1 Å². The Morgan fingerprint density at radius 2 is 1.61 bits per heavy atom. The van der Waals surface area contributed by atoms with Crippen LogP contribution in [0.4, 0.5) is 18.9 Å². The van der Waals surface area contributed by atoms with Crippen LogP contribution < -0.4 is 15.2 Å². The van der Waals surface area contributed by atoms with Crippen LogP contribution in [0, 0.1) is 5.92 Å². The van der Waals surface area contributed by atoms with Gasteiger partial charge in [0.15, 0.2) is 0 Å². The van der Waals surface area contributed by atoms with Crippen LogP contribution in [-0.2, 0) is 0 Å². The molecular formula is C22H26F3NO2. The normalized spacial score (nSPS) is 15.4. The maximum atomic E-state index is 12.2. The monoisotopic (exact) mass is 393 g/mol. The molecule has 1 aliphatic carbocycles. The van der Waals surface area contributed by atoms with Gasteiger partial charge in [-0.3, -0.25) is 0 Å². The third kappa shape index (κ3) is 6.08. The standard InChI is InChI=1S/C22H26F3NO2/c23-22(24,25)28-19-11-8-17(9-12-19)18-10-13-21(20(26)15-18)27-14-4-7-16-5-2-1-3-6-16/h8-13,15-16H,1-7,14,26H2. The van der Waals surface area contributed by atoms with E-state index in [0.29, 0.717) is 18.0 Å². The maximum Gasteiger partial charge on any atom is 0.573 e. The van der Waals surface area contributed by atoms with E-state index in [2.05, 4.69) is 4.74 Å². The van der Waals surface area contributed by atoms with Crippen LogP contribution in [0.3, 0.4) is 0 Å². The molecule has 0 unspecified atom stereocenters.